The summed E-state index contributed by atoms with van der Waals surface area (Å²) in [5.41, 5.74) is 1.37. The lowest BCUT2D eigenvalue weighted by Gasteiger charge is -2.38. The molecule has 7 heteroatoms. The molecule has 132 valence electrons. The average Bonchev–Trinajstić information content (AvgIpc) is 2.89. The predicted molar refractivity (Wildman–Crippen MR) is 91.4 cm³/mol. The summed E-state index contributed by atoms with van der Waals surface area (Å²) in [6, 6.07) is 7.43. The van der Waals surface area contributed by atoms with Crippen LogP contribution in [0, 0.1) is 6.92 Å². The zero-order valence-electron chi connectivity index (χ0n) is 14.1. The van der Waals surface area contributed by atoms with Crippen molar-refractivity contribution in [2.24, 2.45) is 0 Å². The Kier molecular flexibility index (Phi) is 4.68. The molecule has 0 unspecified atom stereocenters. The molecular formula is C17H24N2O4S. The van der Waals surface area contributed by atoms with Crippen LogP contribution in [0.25, 0.3) is 0 Å². The standard InChI is InChI=1S/C17H24N2O4S/c1-13-3-5-14(6-4-13)16(20)19-9-8-17(12-19)11-15(7-10-23-17)18-24(2,21)22/h3-6,15,18H,7-12H2,1-2H3/t15-,17-/m1/s1. The van der Waals surface area contributed by atoms with Crippen LogP contribution >= 0.6 is 0 Å². The second-order valence-electron chi connectivity index (χ2n) is 6.95. The molecule has 1 aromatic carbocycles. The van der Waals surface area contributed by atoms with E-state index in [-0.39, 0.29) is 11.9 Å². The van der Waals surface area contributed by atoms with Crippen molar-refractivity contribution in [3.8, 4) is 0 Å². The van der Waals surface area contributed by atoms with E-state index in [2.05, 4.69) is 4.72 Å². The van der Waals surface area contributed by atoms with Gasteiger partial charge >= 0.3 is 0 Å². The minimum atomic E-state index is -3.23. The van der Waals surface area contributed by atoms with E-state index in [1.54, 1.807) is 0 Å². The molecule has 0 aromatic heterocycles. The fourth-order valence-electron chi connectivity index (χ4n) is 3.61. The molecule has 1 N–H and O–H groups in total. The summed E-state index contributed by atoms with van der Waals surface area (Å²) in [6.45, 7) is 3.66. The highest BCUT2D eigenvalue weighted by molar-refractivity contribution is 7.88. The van der Waals surface area contributed by atoms with Gasteiger partial charge in [0.25, 0.3) is 5.91 Å². The van der Waals surface area contributed by atoms with Gasteiger partial charge < -0.3 is 9.64 Å². The number of sulfonamides is 1. The Morgan fingerprint density at radius 1 is 1.33 bits per heavy atom. The van der Waals surface area contributed by atoms with Gasteiger partial charge in [-0.1, -0.05) is 17.7 Å². The van der Waals surface area contributed by atoms with E-state index in [9.17, 15) is 13.2 Å². The first-order chi connectivity index (χ1) is 11.3. The number of ether oxygens (including phenoxy) is 1. The lowest BCUT2D eigenvalue weighted by molar-refractivity contribution is -0.0763. The first kappa shape index (κ1) is 17.4. The van der Waals surface area contributed by atoms with Crippen LogP contribution in [-0.4, -0.2) is 56.8 Å². The van der Waals surface area contributed by atoms with Gasteiger partial charge in [0.2, 0.25) is 10.0 Å². The molecule has 1 spiro atoms. The Labute approximate surface area is 143 Å². The summed E-state index contributed by atoms with van der Waals surface area (Å²) in [5.74, 6) is 0.00803. The lowest BCUT2D eigenvalue weighted by atomic mass is 9.90. The zero-order chi connectivity index (χ0) is 17.4. The predicted octanol–water partition coefficient (Wildman–Crippen LogP) is 1.31. The molecular weight excluding hydrogens is 328 g/mol. The number of aryl methyl sites for hydroxylation is 1. The Hall–Kier alpha value is -1.44. The van der Waals surface area contributed by atoms with E-state index >= 15 is 0 Å². The van der Waals surface area contributed by atoms with Crippen LogP contribution in [0.3, 0.4) is 0 Å². The smallest absolute Gasteiger partial charge is 0.253 e. The molecule has 24 heavy (non-hydrogen) atoms. The highest BCUT2D eigenvalue weighted by Crippen LogP contribution is 2.35. The second kappa shape index (κ2) is 6.46. The number of amides is 1. The zero-order valence-corrected chi connectivity index (χ0v) is 14.9. The molecule has 0 aliphatic carbocycles. The van der Waals surface area contributed by atoms with Crippen LogP contribution in [-0.2, 0) is 14.8 Å². The van der Waals surface area contributed by atoms with Crippen molar-refractivity contribution in [3.05, 3.63) is 35.4 Å². The normalized spacial score (nSPS) is 27.6. The molecule has 0 radical (unpaired) electrons. The van der Waals surface area contributed by atoms with Crippen molar-refractivity contribution in [3.63, 3.8) is 0 Å². The van der Waals surface area contributed by atoms with Crippen LogP contribution in [0.5, 0.6) is 0 Å². The highest BCUT2D eigenvalue weighted by Gasteiger charge is 2.45. The third-order valence-electron chi connectivity index (χ3n) is 4.78. The fourth-order valence-corrected chi connectivity index (χ4v) is 4.42. The van der Waals surface area contributed by atoms with E-state index < -0.39 is 15.6 Å². The van der Waals surface area contributed by atoms with Gasteiger partial charge in [-0.2, -0.15) is 0 Å². The van der Waals surface area contributed by atoms with Gasteiger partial charge in [-0.05, 0) is 38.3 Å². The summed E-state index contributed by atoms with van der Waals surface area (Å²) < 4.78 is 31.6. The van der Waals surface area contributed by atoms with E-state index in [1.165, 1.54) is 6.26 Å². The topological polar surface area (TPSA) is 75.7 Å². The molecule has 2 heterocycles. The number of nitrogens with one attached hydrogen (secondary N) is 1. The third-order valence-corrected chi connectivity index (χ3v) is 5.54. The summed E-state index contributed by atoms with van der Waals surface area (Å²) in [5, 5.41) is 0. The summed E-state index contributed by atoms with van der Waals surface area (Å²) >= 11 is 0. The minimum absolute atomic E-state index is 0.00803. The Morgan fingerprint density at radius 2 is 2.04 bits per heavy atom. The maximum atomic E-state index is 12.7. The van der Waals surface area contributed by atoms with Crippen LogP contribution in [0.2, 0.25) is 0 Å². The molecule has 1 amide bonds. The molecule has 0 saturated carbocycles. The van der Waals surface area contributed by atoms with Crippen molar-refractivity contribution >= 4 is 15.9 Å². The quantitative estimate of drug-likeness (QED) is 0.890. The van der Waals surface area contributed by atoms with Crippen molar-refractivity contribution in [1.29, 1.82) is 0 Å². The summed E-state index contributed by atoms with van der Waals surface area (Å²) in [7, 11) is -3.23. The van der Waals surface area contributed by atoms with Crippen molar-refractivity contribution < 1.29 is 17.9 Å². The first-order valence-electron chi connectivity index (χ1n) is 8.24. The number of carbonyl (C=O) groups is 1. The van der Waals surface area contributed by atoms with E-state index in [0.717, 1.165) is 12.0 Å². The molecule has 3 rings (SSSR count). The van der Waals surface area contributed by atoms with E-state index in [4.69, 9.17) is 4.74 Å². The number of rotatable bonds is 3. The Bertz CT molecular complexity index is 717. The number of benzene rings is 1. The monoisotopic (exact) mass is 352 g/mol. The molecule has 2 aliphatic rings. The van der Waals surface area contributed by atoms with Crippen LogP contribution in [0.15, 0.2) is 24.3 Å². The maximum Gasteiger partial charge on any atom is 0.253 e. The molecule has 6 nitrogen and oxygen atoms in total. The second-order valence-corrected chi connectivity index (χ2v) is 8.73. The molecule has 0 bridgehead atoms. The highest BCUT2D eigenvalue weighted by atomic mass is 32.2. The van der Waals surface area contributed by atoms with Gasteiger partial charge in [-0.3, -0.25) is 4.79 Å². The first-order valence-corrected chi connectivity index (χ1v) is 10.1. The number of hydrogen-bond donors (Lipinski definition) is 1. The van der Waals surface area contributed by atoms with Gasteiger partial charge in [-0.25, -0.2) is 13.1 Å². The van der Waals surface area contributed by atoms with Gasteiger partial charge in [0.15, 0.2) is 0 Å². The Balaban J connectivity index is 1.67. The largest absolute Gasteiger partial charge is 0.373 e. The number of carbonyl (C=O) groups excluding carboxylic acids is 1. The summed E-state index contributed by atoms with van der Waals surface area (Å²) in [4.78, 5) is 14.5. The SMILES string of the molecule is Cc1ccc(C(=O)N2CC[C@@]3(C[C@H](NS(C)(=O)=O)CCO3)C2)cc1. The number of hydrogen-bond acceptors (Lipinski definition) is 4. The average molecular weight is 352 g/mol. The minimum Gasteiger partial charge on any atom is -0.373 e. The lowest BCUT2D eigenvalue weighted by Crippen LogP contribution is -2.50. The molecule has 1 aromatic rings. The van der Waals surface area contributed by atoms with Gasteiger partial charge in [0.05, 0.1) is 18.4 Å². The fraction of sp³-hybridized carbons (Fsp3) is 0.588. The van der Waals surface area contributed by atoms with Gasteiger partial charge in [-0.15, -0.1) is 0 Å². The van der Waals surface area contributed by atoms with Crippen molar-refractivity contribution in [2.45, 2.75) is 37.8 Å². The van der Waals surface area contributed by atoms with Crippen molar-refractivity contribution in [2.75, 3.05) is 26.0 Å². The molecule has 2 aliphatic heterocycles. The van der Waals surface area contributed by atoms with E-state index in [0.29, 0.717) is 38.1 Å². The maximum absolute atomic E-state index is 12.7. The molecule has 2 atom stereocenters. The van der Waals surface area contributed by atoms with Crippen LogP contribution in [0.1, 0.15) is 35.2 Å². The molecule has 2 saturated heterocycles. The van der Waals surface area contributed by atoms with E-state index in [1.807, 2.05) is 36.1 Å². The van der Waals surface area contributed by atoms with Gasteiger partial charge in [0, 0.05) is 24.8 Å². The Morgan fingerprint density at radius 3 is 2.71 bits per heavy atom. The number of likely N-dealkylation sites (tertiary alicyclic amines) is 1. The van der Waals surface area contributed by atoms with Crippen LogP contribution < -0.4 is 4.72 Å². The van der Waals surface area contributed by atoms with Crippen LogP contribution in [0.4, 0.5) is 0 Å². The number of nitrogens with zero attached hydrogens (tertiary/aromatic N) is 1. The van der Waals surface area contributed by atoms with Gasteiger partial charge in [0.1, 0.15) is 0 Å². The molecule has 2 fully saturated rings. The third kappa shape index (κ3) is 3.96. The van der Waals surface area contributed by atoms with Crippen molar-refractivity contribution in [1.82, 2.24) is 9.62 Å². The summed E-state index contributed by atoms with van der Waals surface area (Å²) in [6.07, 6.45) is 3.20.